The van der Waals surface area contributed by atoms with Crippen molar-refractivity contribution in [2.45, 2.75) is 6.54 Å². The summed E-state index contributed by atoms with van der Waals surface area (Å²) >= 11 is 0. The average molecular weight is 373 g/mol. The van der Waals surface area contributed by atoms with Crippen LogP contribution in [0, 0.1) is 21.4 Å². The largest absolute Gasteiger partial charge is 0.478 e. The number of nitrogens with one attached hydrogen (secondary N) is 1. The molecular weight excluding hydrogens is 358 g/mol. The van der Waals surface area contributed by atoms with E-state index in [1.54, 1.807) is 12.1 Å². The van der Waals surface area contributed by atoms with Crippen molar-refractivity contribution in [3.63, 3.8) is 0 Å². The van der Waals surface area contributed by atoms with E-state index in [0.717, 1.165) is 11.1 Å². The Morgan fingerprint density at radius 3 is 2.50 bits per heavy atom. The van der Waals surface area contributed by atoms with Gasteiger partial charge in [-0.2, -0.15) is 5.26 Å². The molecule has 0 unspecified atom stereocenters. The molecule has 3 aromatic carbocycles. The zero-order valence-electron chi connectivity index (χ0n) is 14.6. The number of carboxylic acids is 1. The highest BCUT2D eigenvalue weighted by atomic mass is 16.6. The predicted molar refractivity (Wildman–Crippen MR) is 104 cm³/mol. The molecule has 3 aromatic rings. The van der Waals surface area contributed by atoms with Crippen LogP contribution in [-0.4, -0.2) is 16.0 Å². The Morgan fingerprint density at radius 1 is 1.11 bits per heavy atom. The first-order valence-corrected chi connectivity index (χ1v) is 8.34. The monoisotopic (exact) mass is 373 g/mol. The van der Waals surface area contributed by atoms with Crippen LogP contribution < -0.4 is 5.32 Å². The Hall–Kier alpha value is -4.18. The minimum absolute atomic E-state index is 0.0642. The molecule has 0 aromatic heterocycles. The summed E-state index contributed by atoms with van der Waals surface area (Å²) in [5.41, 5.74) is 2.29. The Balaban J connectivity index is 1.91. The highest BCUT2D eigenvalue weighted by Gasteiger charge is 2.21. The third-order valence-electron chi connectivity index (χ3n) is 4.23. The normalized spacial score (nSPS) is 10.1. The molecule has 28 heavy (non-hydrogen) atoms. The summed E-state index contributed by atoms with van der Waals surface area (Å²) in [5, 5.41) is 32.9. The predicted octanol–water partition coefficient (Wildman–Crippen LogP) is 4.44. The molecule has 0 spiro atoms. The van der Waals surface area contributed by atoms with Crippen LogP contribution in [0.3, 0.4) is 0 Å². The number of nitrogens with zero attached hydrogens (tertiary/aromatic N) is 2. The third-order valence-corrected chi connectivity index (χ3v) is 4.23. The second kappa shape index (κ2) is 8.01. The van der Waals surface area contributed by atoms with Crippen LogP contribution in [0.25, 0.3) is 11.1 Å². The molecule has 0 fully saturated rings. The number of rotatable bonds is 6. The van der Waals surface area contributed by atoms with Crippen molar-refractivity contribution in [1.82, 2.24) is 0 Å². The van der Waals surface area contributed by atoms with Gasteiger partial charge in [0.05, 0.1) is 22.1 Å². The summed E-state index contributed by atoms with van der Waals surface area (Å²) in [7, 11) is 0. The SMILES string of the molecule is N#Cc1cc(CNc2c(C(=O)O)cccc2[N+](=O)[O-])ccc1-c1ccccc1. The van der Waals surface area contributed by atoms with Gasteiger partial charge in [0.25, 0.3) is 5.69 Å². The van der Waals surface area contributed by atoms with E-state index in [1.807, 2.05) is 36.4 Å². The van der Waals surface area contributed by atoms with Gasteiger partial charge >= 0.3 is 5.97 Å². The van der Waals surface area contributed by atoms with Crippen LogP contribution >= 0.6 is 0 Å². The minimum Gasteiger partial charge on any atom is -0.478 e. The van der Waals surface area contributed by atoms with E-state index in [9.17, 15) is 25.3 Å². The number of nitro groups is 1. The van der Waals surface area contributed by atoms with Gasteiger partial charge in [-0.15, -0.1) is 0 Å². The van der Waals surface area contributed by atoms with Gasteiger partial charge in [-0.05, 0) is 28.8 Å². The lowest BCUT2D eigenvalue weighted by molar-refractivity contribution is -0.384. The number of hydrogen-bond donors (Lipinski definition) is 2. The molecule has 0 aliphatic heterocycles. The number of aromatic carboxylic acids is 1. The molecule has 3 rings (SSSR count). The number of benzene rings is 3. The van der Waals surface area contributed by atoms with Crippen molar-refractivity contribution in [3.05, 3.63) is 93.5 Å². The van der Waals surface area contributed by atoms with Crippen LogP contribution in [0.15, 0.2) is 66.7 Å². The van der Waals surface area contributed by atoms with E-state index >= 15 is 0 Å². The molecular formula is C21H15N3O4. The molecule has 0 aliphatic carbocycles. The fraction of sp³-hybridized carbons (Fsp3) is 0.0476. The van der Waals surface area contributed by atoms with E-state index in [1.165, 1.54) is 18.2 Å². The molecule has 0 radical (unpaired) electrons. The molecule has 0 amide bonds. The second-order valence-corrected chi connectivity index (χ2v) is 5.97. The van der Waals surface area contributed by atoms with Gasteiger partial charge in [0.1, 0.15) is 5.69 Å². The summed E-state index contributed by atoms with van der Waals surface area (Å²) in [4.78, 5) is 22.0. The van der Waals surface area contributed by atoms with Gasteiger partial charge in [0.2, 0.25) is 0 Å². The number of nitro benzene ring substituents is 1. The maximum absolute atomic E-state index is 11.4. The summed E-state index contributed by atoms with van der Waals surface area (Å²) < 4.78 is 0. The van der Waals surface area contributed by atoms with Gasteiger partial charge in [-0.1, -0.05) is 48.5 Å². The second-order valence-electron chi connectivity index (χ2n) is 5.97. The maximum atomic E-state index is 11.4. The van der Waals surface area contributed by atoms with Crippen LogP contribution in [0.1, 0.15) is 21.5 Å². The van der Waals surface area contributed by atoms with Gasteiger partial charge in [0, 0.05) is 12.6 Å². The number of nitriles is 1. The molecule has 0 saturated carbocycles. The topological polar surface area (TPSA) is 116 Å². The summed E-state index contributed by atoms with van der Waals surface area (Å²) in [6.45, 7) is 0.134. The van der Waals surface area contributed by atoms with Crippen molar-refractivity contribution < 1.29 is 14.8 Å². The molecule has 0 aliphatic rings. The lowest BCUT2D eigenvalue weighted by Gasteiger charge is -2.11. The molecule has 0 atom stereocenters. The van der Waals surface area contributed by atoms with Crippen molar-refractivity contribution in [1.29, 1.82) is 5.26 Å². The summed E-state index contributed by atoms with van der Waals surface area (Å²) in [5.74, 6) is -1.26. The minimum atomic E-state index is -1.26. The molecule has 7 heteroatoms. The zero-order valence-corrected chi connectivity index (χ0v) is 14.6. The van der Waals surface area contributed by atoms with Crippen LogP contribution in [0.4, 0.5) is 11.4 Å². The molecule has 0 bridgehead atoms. The number of carboxylic acid groups (broad SMARTS) is 1. The lowest BCUT2D eigenvalue weighted by atomic mass is 9.98. The van der Waals surface area contributed by atoms with E-state index in [2.05, 4.69) is 11.4 Å². The van der Waals surface area contributed by atoms with E-state index in [0.29, 0.717) is 11.1 Å². The van der Waals surface area contributed by atoms with Crippen molar-refractivity contribution >= 4 is 17.3 Å². The van der Waals surface area contributed by atoms with Crippen LogP contribution in [-0.2, 0) is 6.54 Å². The quantitative estimate of drug-likeness (QED) is 0.487. The van der Waals surface area contributed by atoms with Gasteiger partial charge in [0.15, 0.2) is 0 Å². The summed E-state index contributed by atoms with van der Waals surface area (Å²) in [6.07, 6.45) is 0. The maximum Gasteiger partial charge on any atom is 0.338 e. The average Bonchev–Trinajstić information content (AvgIpc) is 2.72. The molecule has 0 saturated heterocycles. The fourth-order valence-electron chi connectivity index (χ4n) is 2.91. The Morgan fingerprint density at radius 2 is 1.86 bits per heavy atom. The van der Waals surface area contributed by atoms with Gasteiger partial charge in [-0.25, -0.2) is 4.79 Å². The standard InChI is InChI=1S/C21H15N3O4/c22-12-16-11-14(9-10-17(16)15-5-2-1-3-6-15)13-23-20-18(21(25)26)7-4-8-19(20)24(27)28/h1-11,23H,13H2,(H,25,26). The van der Waals surface area contributed by atoms with Gasteiger partial charge in [-0.3, -0.25) is 10.1 Å². The first kappa shape index (κ1) is 18.6. The van der Waals surface area contributed by atoms with Crippen LogP contribution in [0.2, 0.25) is 0 Å². The number of carbonyl (C=O) groups is 1. The van der Waals surface area contributed by atoms with Gasteiger partial charge < -0.3 is 10.4 Å². The highest BCUT2D eigenvalue weighted by molar-refractivity contribution is 5.96. The zero-order chi connectivity index (χ0) is 20.1. The van der Waals surface area contributed by atoms with Crippen molar-refractivity contribution in [2.75, 3.05) is 5.32 Å². The fourth-order valence-corrected chi connectivity index (χ4v) is 2.91. The first-order valence-electron chi connectivity index (χ1n) is 8.34. The summed E-state index contributed by atoms with van der Waals surface area (Å²) in [6, 6.07) is 20.8. The molecule has 2 N–H and O–H groups in total. The molecule has 138 valence electrons. The van der Waals surface area contributed by atoms with Crippen LogP contribution in [0.5, 0.6) is 0 Å². The lowest BCUT2D eigenvalue weighted by Crippen LogP contribution is -2.09. The van der Waals surface area contributed by atoms with E-state index in [4.69, 9.17) is 0 Å². The third kappa shape index (κ3) is 3.81. The van der Waals surface area contributed by atoms with Crippen molar-refractivity contribution in [2.24, 2.45) is 0 Å². The van der Waals surface area contributed by atoms with Crippen molar-refractivity contribution in [3.8, 4) is 17.2 Å². The number of hydrogen-bond acceptors (Lipinski definition) is 5. The smallest absolute Gasteiger partial charge is 0.338 e. The van der Waals surface area contributed by atoms with E-state index < -0.39 is 10.9 Å². The van der Waals surface area contributed by atoms with E-state index in [-0.39, 0.29) is 23.5 Å². The Labute approximate surface area is 160 Å². The molecule has 0 heterocycles. The Bertz CT molecular complexity index is 1060. The first-order chi connectivity index (χ1) is 13.5. The molecule has 7 nitrogen and oxygen atoms in total. The number of para-hydroxylation sites is 1. The number of anilines is 1. The highest BCUT2D eigenvalue weighted by Crippen LogP contribution is 2.30. The Kier molecular flexibility index (Phi) is 5.33.